The fraction of sp³-hybridized carbons (Fsp3) is 0.600. The molecule has 0 amide bonds. The van der Waals surface area contributed by atoms with E-state index in [0.717, 1.165) is 43.6 Å². The highest BCUT2D eigenvalue weighted by Crippen LogP contribution is 2.32. The van der Waals surface area contributed by atoms with E-state index in [9.17, 15) is 0 Å². The Morgan fingerprint density at radius 2 is 1.52 bits per heavy atom. The van der Waals surface area contributed by atoms with Gasteiger partial charge in [-0.3, -0.25) is 4.99 Å². The number of benzene rings is 2. The molecule has 2 aliphatic heterocycles. The van der Waals surface area contributed by atoms with E-state index in [2.05, 4.69) is 75.8 Å². The summed E-state index contributed by atoms with van der Waals surface area (Å²) in [5, 5.41) is 4.80. The molecule has 1 N–H and O–H groups in total. The zero-order chi connectivity index (χ0) is 27.4. The summed E-state index contributed by atoms with van der Waals surface area (Å²) >= 11 is 6.08. The lowest BCUT2D eigenvalue weighted by atomic mass is 9.86. The highest BCUT2D eigenvalue weighted by atomic mass is 32.1. The molecular formula is C35H50N4S. The number of rotatable bonds is 15. The second-order valence-corrected chi connectivity index (χ2v) is 12.7. The van der Waals surface area contributed by atoms with Crippen molar-refractivity contribution in [3.63, 3.8) is 0 Å². The van der Waals surface area contributed by atoms with E-state index in [1.807, 2.05) is 0 Å². The maximum Gasteiger partial charge on any atom is 0.172 e. The Bertz CT molecular complexity index is 1050. The van der Waals surface area contributed by atoms with Crippen molar-refractivity contribution >= 4 is 23.2 Å². The van der Waals surface area contributed by atoms with Crippen LogP contribution < -0.4 is 5.32 Å². The Kier molecular flexibility index (Phi) is 11.3. The highest BCUT2D eigenvalue weighted by molar-refractivity contribution is 7.80. The first-order chi connectivity index (χ1) is 19.8. The summed E-state index contributed by atoms with van der Waals surface area (Å²) in [6, 6.07) is 22.8. The molecule has 216 valence electrons. The molecule has 0 radical (unpaired) electrons. The standard InChI is InChI=1S/C35H50N4S/c40-35-38(25-13-12-23-32-27-36-34(37-32)24-11-10-19-29-15-4-1-5-16-29)28-33(31-21-8-3-9-22-31)39(35)26-14-20-30-17-6-2-7-18-30/h1,3-5,8-9,15-16,21-22,30,32-33H,2,6-7,10-14,17-20,23-28H2,(H,36,37)/t32-,33-/m0/s1. The van der Waals surface area contributed by atoms with Gasteiger partial charge in [0.25, 0.3) is 0 Å². The van der Waals surface area contributed by atoms with Gasteiger partial charge in [-0.05, 0) is 80.6 Å². The molecule has 5 rings (SSSR count). The van der Waals surface area contributed by atoms with Crippen LogP contribution in [0.25, 0.3) is 0 Å². The maximum atomic E-state index is 6.08. The molecule has 2 fully saturated rings. The predicted octanol–water partition coefficient (Wildman–Crippen LogP) is 7.94. The molecule has 1 aliphatic carbocycles. The Hall–Kier alpha value is -2.40. The molecule has 40 heavy (non-hydrogen) atoms. The number of hydrogen-bond acceptors (Lipinski definition) is 3. The first kappa shape index (κ1) is 29.1. The largest absolute Gasteiger partial charge is 0.369 e. The summed E-state index contributed by atoms with van der Waals surface area (Å²) in [5.74, 6) is 2.17. The topological polar surface area (TPSA) is 30.9 Å². The normalized spacial score (nSPS) is 21.6. The molecule has 1 saturated carbocycles. The number of aryl methyl sites for hydroxylation is 1. The summed E-state index contributed by atoms with van der Waals surface area (Å²) in [6.07, 6.45) is 18.1. The number of aliphatic imine (C=N–C) groups is 1. The minimum Gasteiger partial charge on any atom is -0.369 e. The van der Waals surface area contributed by atoms with E-state index < -0.39 is 0 Å². The van der Waals surface area contributed by atoms with Gasteiger partial charge in [0.1, 0.15) is 0 Å². The molecule has 0 aromatic heterocycles. The van der Waals surface area contributed by atoms with Crippen LogP contribution >= 0.6 is 12.2 Å². The van der Waals surface area contributed by atoms with Gasteiger partial charge in [0.2, 0.25) is 0 Å². The second-order valence-electron chi connectivity index (χ2n) is 12.3. The van der Waals surface area contributed by atoms with Crippen molar-refractivity contribution in [2.45, 2.75) is 102 Å². The third-order valence-electron chi connectivity index (χ3n) is 9.28. The van der Waals surface area contributed by atoms with E-state index in [0.29, 0.717) is 12.1 Å². The van der Waals surface area contributed by atoms with Crippen LogP contribution in [0.2, 0.25) is 0 Å². The van der Waals surface area contributed by atoms with Crippen LogP contribution in [-0.2, 0) is 6.42 Å². The predicted molar refractivity (Wildman–Crippen MR) is 173 cm³/mol. The number of nitrogens with one attached hydrogen (secondary N) is 1. The van der Waals surface area contributed by atoms with Gasteiger partial charge in [0.05, 0.1) is 18.4 Å². The molecule has 0 bridgehead atoms. The van der Waals surface area contributed by atoms with E-state index in [1.54, 1.807) is 0 Å². The molecule has 0 unspecified atom stereocenters. The lowest BCUT2D eigenvalue weighted by molar-refractivity contribution is 0.296. The van der Waals surface area contributed by atoms with Crippen molar-refractivity contribution in [3.05, 3.63) is 71.8 Å². The van der Waals surface area contributed by atoms with Crippen LogP contribution in [0.1, 0.15) is 101 Å². The van der Waals surface area contributed by atoms with Crippen molar-refractivity contribution in [2.75, 3.05) is 26.2 Å². The SMILES string of the molecule is S=C1N(CCCC[C@H]2CN=C(CCCCc3ccccc3)N2)C[C@@H](c2ccccc2)N1CCCC1CCCCC1. The van der Waals surface area contributed by atoms with Crippen LogP contribution in [0.4, 0.5) is 0 Å². The quantitative estimate of drug-likeness (QED) is 0.178. The molecule has 2 heterocycles. The van der Waals surface area contributed by atoms with Crippen LogP contribution in [0.5, 0.6) is 0 Å². The number of hydrogen-bond donors (Lipinski definition) is 1. The Balaban J connectivity index is 1.00. The molecule has 0 spiro atoms. The van der Waals surface area contributed by atoms with Gasteiger partial charge < -0.3 is 15.1 Å². The fourth-order valence-corrected chi connectivity index (χ4v) is 7.33. The number of unbranched alkanes of at least 4 members (excludes halogenated alkanes) is 2. The minimum atomic E-state index is 0.398. The fourth-order valence-electron chi connectivity index (χ4n) is 6.95. The Morgan fingerprint density at radius 3 is 2.33 bits per heavy atom. The van der Waals surface area contributed by atoms with E-state index in [-0.39, 0.29) is 0 Å². The summed E-state index contributed by atoms with van der Waals surface area (Å²) < 4.78 is 0. The van der Waals surface area contributed by atoms with Crippen molar-refractivity contribution in [1.29, 1.82) is 0 Å². The smallest absolute Gasteiger partial charge is 0.172 e. The third kappa shape index (κ3) is 8.55. The van der Waals surface area contributed by atoms with Gasteiger partial charge in [-0.25, -0.2) is 0 Å². The molecule has 3 aliphatic rings. The molecule has 2 aromatic carbocycles. The average molecular weight is 559 g/mol. The average Bonchev–Trinajstić information content (AvgIpc) is 3.59. The summed E-state index contributed by atoms with van der Waals surface area (Å²) in [5.41, 5.74) is 2.85. The molecule has 2 aromatic rings. The molecular weight excluding hydrogens is 508 g/mol. The van der Waals surface area contributed by atoms with Gasteiger partial charge in [-0.15, -0.1) is 0 Å². The third-order valence-corrected chi connectivity index (χ3v) is 9.77. The van der Waals surface area contributed by atoms with Crippen LogP contribution in [0.15, 0.2) is 65.7 Å². The van der Waals surface area contributed by atoms with Crippen molar-refractivity contribution in [3.8, 4) is 0 Å². The molecule has 5 heteroatoms. The summed E-state index contributed by atoms with van der Waals surface area (Å²) in [7, 11) is 0. The first-order valence-corrected chi connectivity index (χ1v) is 16.6. The van der Waals surface area contributed by atoms with Crippen LogP contribution in [0, 0.1) is 5.92 Å². The van der Waals surface area contributed by atoms with Crippen molar-refractivity contribution in [2.24, 2.45) is 10.9 Å². The first-order valence-electron chi connectivity index (χ1n) is 16.2. The van der Waals surface area contributed by atoms with Crippen LogP contribution in [0.3, 0.4) is 0 Å². The van der Waals surface area contributed by atoms with Gasteiger partial charge in [-0.2, -0.15) is 0 Å². The van der Waals surface area contributed by atoms with Crippen LogP contribution in [-0.4, -0.2) is 53.0 Å². The molecule has 2 atom stereocenters. The maximum absolute atomic E-state index is 6.08. The summed E-state index contributed by atoms with van der Waals surface area (Å²) in [6.45, 7) is 4.15. The second kappa shape index (κ2) is 15.6. The van der Waals surface area contributed by atoms with Gasteiger partial charge in [-0.1, -0.05) is 92.8 Å². The monoisotopic (exact) mass is 558 g/mol. The molecule has 4 nitrogen and oxygen atoms in total. The van der Waals surface area contributed by atoms with E-state index in [1.165, 1.54) is 100 Å². The summed E-state index contributed by atoms with van der Waals surface area (Å²) in [4.78, 5) is 9.85. The number of amidine groups is 1. The zero-order valence-electron chi connectivity index (χ0n) is 24.5. The minimum absolute atomic E-state index is 0.398. The lowest BCUT2D eigenvalue weighted by Gasteiger charge is -2.27. The lowest BCUT2D eigenvalue weighted by Crippen LogP contribution is -2.34. The number of thiocarbonyl (C=S) groups is 1. The Morgan fingerprint density at radius 1 is 0.775 bits per heavy atom. The van der Waals surface area contributed by atoms with E-state index in [4.69, 9.17) is 17.2 Å². The van der Waals surface area contributed by atoms with E-state index >= 15 is 0 Å². The highest BCUT2D eigenvalue weighted by Gasteiger charge is 2.34. The number of nitrogens with zero attached hydrogens (tertiary/aromatic N) is 3. The molecule has 1 saturated heterocycles. The van der Waals surface area contributed by atoms with Gasteiger partial charge >= 0.3 is 0 Å². The zero-order valence-corrected chi connectivity index (χ0v) is 25.3. The van der Waals surface area contributed by atoms with Crippen molar-refractivity contribution < 1.29 is 0 Å². The van der Waals surface area contributed by atoms with Crippen molar-refractivity contribution in [1.82, 2.24) is 15.1 Å². The Labute approximate surface area is 248 Å². The van der Waals surface area contributed by atoms with Gasteiger partial charge in [0.15, 0.2) is 5.11 Å². The van der Waals surface area contributed by atoms with Gasteiger partial charge in [0, 0.05) is 32.1 Å².